The van der Waals surface area contributed by atoms with Gasteiger partial charge in [-0.05, 0) is 143 Å². The standard InChI is InChI=1S/C66H70F4N2O10S/c1-4-65(41-77-42-65)40-76-31-12-5-6-14-33-79-54-29-23-47(35-57(54)74-3)64(73)81-63-48(38-71-72-43(2)60-37-46-16-8-11-19-59(46)83-60)36-56(51-17-9-10-18-52(51)63)82-66(69,70)53-27-26-50(61(67)62(53)68)45-21-24-49(25-22-45)78-32-15-7-13-30-75-39-44-20-28-55-58(34-44)80-55/h8-11,16-19,21-27,29,35-38,44,55,58H,4-7,12-15,20,28,30-34,39-42H2,1-3H3/b71-38+,72-43+. The summed E-state index contributed by atoms with van der Waals surface area (Å²) < 4.78 is 118. The topological polar surface area (TPSA) is 128 Å². The van der Waals surface area contributed by atoms with Gasteiger partial charge in [-0.25, -0.2) is 13.6 Å². The molecule has 3 aliphatic rings. The summed E-state index contributed by atoms with van der Waals surface area (Å²) in [6, 6.07) is 30.2. The maximum absolute atomic E-state index is 16.5. The highest BCUT2D eigenvalue weighted by Crippen LogP contribution is 2.44. The van der Waals surface area contributed by atoms with Crippen molar-refractivity contribution in [1.29, 1.82) is 0 Å². The predicted molar refractivity (Wildman–Crippen MR) is 314 cm³/mol. The van der Waals surface area contributed by atoms with Gasteiger partial charge in [-0.1, -0.05) is 74.0 Å². The number of fused-ring (bicyclic) bond motifs is 3. The van der Waals surface area contributed by atoms with Crippen molar-refractivity contribution in [1.82, 2.24) is 0 Å². The molecule has 7 aromatic rings. The van der Waals surface area contributed by atoms with Gasteiger partial charge in [0, 0.05) is 51.8 Å². The quantitative estimate of drug-likeness (QED) is 0.00816. The van der Waals surface area contributed by atoms with Crippen LogP contribution in [0.25, 0.3) is 32.0 Å². The van der Waals surface area contributed by atoms with E-state index < -0.39 is 35.0 Å². The lowest BCUT2D eigenvalue weighted by molar-refractivity contribution is -0.187. The number of nitrogens with zero attached hydrogens (tertiary/aromatic N) is 2. The number of esters is 1. The first-order valence-corrected chi connectivity index (χ1v) is 29.5. The first kappa shape index (κ1) is 59.3. The third-order valence-corrected chi connectivity index (χ3v) is 16.9. The number of unbranched alkanes of at least 4 members (excludes halogenated alkanes) is 5. The van der Waals surface area contributed by atoms with E-state index in [-0.39, 0.29) is 44.2 Å². The molecule has 83 heavy (non-hydrogen) atoms. The maximum atomic E-state index is 16.5. The fourth-order valence-corrected chi connectivity index (χ4v) is 11.5. The van der Waals surface area contributed by atoms with E-state index >= 15 is 17.6 Å². The van der Waals surface area contributed by atoms with Crippen LogP contribution in [0.15, 0.2) is 125 Å². The molecule has 0 radical (unpaired) electrons. The van der Waals surface area contributed by atoms with Crippen LogP contribution in [0.5, 0.6) is 28.7 Å². The number of alkyl halides is 2. The molecular formula is C66H70F4N2O10S. The molecule has 1 aromatic heterocycles. The molecule has 3 fully saturated rings. The number of thiophene rings is 1. The number of hydrogen-bond donors (Lipinski definition) is 0. The van der Waals surface area contributed by atoms with Crippen LogP contribution in [0.1, 0.15) is 111 Å². The lowest BCUT2D eigenvalue weighted by atomic mass is 9.84. The Morgan fingerprint density at radius 1 is 0.759 bits per heavy atom. The molecule has 3 atom stereocenters. The normalized spacial score (nSPS) is 17.6. The van der Waals surface area contributed by atoms with Crippen LogP contribution in [0, 0.1) is 23.0 Å². The summed E-state index contributed by atoms with van der Waals surface area (Å²) in [6.07, 6.45) is 8.56. The Bertz CT molecular complexity index is 3360. The second-order valence-corrected chi connectivity index (χ2v) is 22.7. The molecule has 2 saturated heterocycles. The number of methoxy groups -OCH3 is 1. The molecule has 1 saturated carbocycles. The van der Waals surface area contributed by atoms with E-state index in [0.29, 0.717) is 67.5 Å². The first-order chi connectivity index (χ1) is 40.4. The highest BCUT2D eigenvalue weighted by molar-refractivity contribution is 7.20. The van der Waals surface area contributed by atoms with Gasteiger partial charge in [-0.2, -0.15) is 19.0 Å². The van der Waals surface area contributed by atoms with Crippen LogP contribution in [0.3, 0.4) is 0 Å². The van der Waals surface area contributed by atoms with Crippen LogP contribution >= 0.6 is 11.3 Å². The lowest BCUT2D eigenvalue weighted by Gasteiger charge is -2.40. The molecule has 6 aromatic carbocycles. The van der Waals surface area contributed by atoms with Crippen molar-refractivity contribution in [3.63, 3.8) is 0 Å². The molecule has 17 heteroatoms. The minimum atomic E-state index is -4.41. The third-order valence-electron chi connectivity index (χ3n) is 15.6. The zero-order valence-corrected chi connectivity index (χ0v) is 47.9. The molecular weight excluding hydrogens is 1090 g/mol. The average Bonchev–Trinajstić information content (AvgIpc) is 4.39. The molecule has 1 aliphatic carbocycles. The van der Waals surface area contributed by atoms with E-state index in [1.807, 2.05) is 30.3 Å². The number of hydrogen-bond acceptors (Lipinski definition) is 13. The van der Waals surface area contributed by atoms with Crippen molar-refractivity contribution >= 4 is 50.1 Å². The first-order valence-electron chi connectivity index (χ1n) is 28.7. The Balaban J connectivity index is 0.809. The smallest absolute Gasteiger partial charge is 0.429 e. The second-order valence-electron chi connectivity index (χ2n) is 21.6. The van der Waals surface area contributed by atoms with Crippen LogP contribution in [0.4, 0.5) is 17.6 Å². The van der Waals surface area contributed by atoms with E-state index in [1.165, 1.54) is 42.9 Å². The van der Waals surface area contributed by atoms with Crippen LogP contribution < -0.4 is 23.7 Å². The van der Waals surface area contributed by atoms with Gasteiger partial charge < -0.3 is 42.6 Å². The van der Waals surface area contributed by atoms with Gasteiger partial charge >= 0.3 is 12.1 Å². The molecule has 0 N–H and O–H groups in total. The largest absolute Gasteiger partial charge is 0.494 e. The predicted octanol–water partition coefficient (Wildman–Crippen LogP) is 15.7. The highest BCUT2D eigenvalue weighted by atomic mass is 32.1. The second kappa shape index (κ2) is 27.7. The van der Waals surface area contributed by atoms with Gasteiger partial charge in [0.05, 0.1) is 74.7 Å². The molecule has 2 aliphatic heterocycles. The Morgan fingerprint density at radius 3 is 2.24 bits per heavy atom. The van der Waals surface area contributed by atoms with E-state index in [4.69, 9.17) is 42.6 Å². The highest BCUT2D eigenvalue weighted by Gasteiger charge is 2.44. The van der Waals surface area contributed by atoms with Gasteiger partial charge in [0.25, 0.3) is 0 Å². The maximum Gasteiger partial charge on any atom is 0.429 e. The van der Waals surface area contributed by atoms with E-state index in [9.17, 15) is 4.79 Å². The van der Waals surface area contributed by atoms with E-state index in [0.717, 1.165) is 124 Å². The number of ether oxygens (including phenoxy) is 9. The summed E-state index contributed by atoms with van der Waals surface area (Å²) >= 11 is 1.53. The Kier molecular flexibility index (Phi) is 19.8. The van der Waals surface area contributed by atoms with E-state index in [2.05, 4.69) is 17.1 Å². The SMILES string of the molecule is CCC1(COCCCCCCOc2ccc(C(=O)Oc3c(/C=N/N=C(\C)c4cc5ccccc5s4)cc(OC(F)(F)c4ccc(-c5ccc(OCCCCCOCC6CCC7OC7C6)cc5)c(F)c4F)c4ccccc34)cc2OC)COC1. The number of epoxide rings is 1. The van der Waals surface area contributed by atoms with Crippen molar-refractivity contribution < 1.29 is 65.0 Å². The zero-order chi connectivity index (χ0) is 57.8. The van der Waals surface area contributed by atoms with Crippen molar-refractivity contribution in [3.8, 4) is 39.9 Å². The van der Waals surface area contributed by atoms with Gasteiger partial charge in [0.1, 0.15) is 22.8 Å². The fourth-order valence-electron chi connectivity index (χ4n) is 10.5. The Hall–Kier alpha value is -6.89. The fraction of sp³-hybridized carbons (Fsp3) is 0.409. The number of halogens is 4. The number of rotatable bonds is 30. The molecule has 10 rings (SSSR count). The van der Waals surface area contributed by atoms with Crippen molar-refractivity contribution in [3.05, 3.63) is 148 Å². The molecule has 3 unspecified atom stereocenters. The average molecular weight is 1160 g/mol. The van der Waals surface area contributed by atoms with Crippen molar-refractivity contribution in [2.24, 2.45) is 21.5 Å². The van der Waals surface area contributed by atoms with Crippen molar-refractivity contribution in [2.75, 3.05) is 60.0 Å². The molecule has 12 nitrogen and oxygen atoms in total. The zero-order valence-electron chi connectivity index (χ0n) is 47.1. The summed E-state index contributed by atoms with van der Waals surface area (Å²) in [7, 11) is 1.47. The Labute approximate surface area is 485 Å². The van der Waals surface area contributed by atoms with Crippen LogP contribution in [-0.2, 0) is 25.1 Å². The van der Waals surface area contributed by atoms with Crippen LogP contribution in [-0.4, -0.2) is 90.1 Å². The van der Waals surface area contributed by atoms with Crippen LogP contribution in [0.2, 0.25) is 0 Å². The minimum Gasteiger partial charge on any atom is -0.494 e. The monoisotopic (exact) mass is 1160 g/mol. The van der Waals surface area contributed by atoms with Crippen molar-refractivity contribution in [2.45, 2.75) is 103 Å². The number of carbonyl (C=O) groups excluding carboxylic acids is 1. The summed E-state index contributed by atoms with van der Waals surface area (Å²) in [4.78, 5) is 15.0. The summed E-state index contributed by atoms with van der Waals surface area (Å²) in [5.74, 6) is -2.71. The van der Waals surface area contributed by atoms with Gasteiger partial charge in [0.2, 0.25) is 0 Å². The lowest BCUT2D eigenvalue weighted by Crippen LogP contribution is -2.45. The molecule has 0 bridgehead atoms. The summed E-state index contributed by atoms with van der Waals surface area (Å²) in [6.45, 7) is 9.27. The Morgan fingerprint density at radius 2 is 1.49 bits per heavy atom. The minimum absolute atomic E-state index is 0.0172. The third kappa shape index (κ3) is 14.9. The molecule has 3 heterocycles. The number of benzene rings is 6. The van der Waals surface area contributed by atoms with Gasteiger partial charge in [-0.3, -0.25) is 0 Å². The molecule has 0 amide bonds. The van der Waals surface area contributed by atoms with Gasteiger partial charge in [0.15, 0.2) is 23.1 Å². The molecule has 0 spiro atoms. The number of carbonyl (C=O) groups is 1. The van der Waals surface area contributed by atoms with E-state index in [1.54, 1.807) is 61.5 Å². The van der Waals surface area contributed by atoms with Gasteiger partial charge in [-0.15, -0.1) is 11.3 Å². The summed E-state index contributed by atoms with van der Waals surface area (Å²) in [5.41, 5.74) is -0.435. The molecule has 438 valence electrons. The summed E-state index contributed by atoms with van der Waals surface area (Å²) in [5, 5.41) is 10.0.